The largest absolute Gasteiger partial charge is 0.573 e. The van der Waals surface area contributed by atoms with Crippen molar-refractivity contribution in [3.05, 3.63) is 22.7 Å². The molecule has 1 aliphatic heterocycles. The Labute approximate surface area is 132 Å². The number of hydrogen-bond donors (Lipinski definition) is 1. The van der Waals surface area contributed by atoms with Crippen molar-refractivity contribution >= 4 is 37.5 Å². The molecule has 0 aromatic heterocycles. The number of ether oxygens (including phenoxy) is 1. The van der Waals surface area contributed by atoms with Gasteiger partial charge in [0.25, 0.3) is 0 Å². The molecule has 1 aliphatic rings. The summed E-state index contributed by atoms with van der Waals surface area (Å²) in [6, 6.07) is 3.34. The highest BCUT2D eigenvalue weighted by Gasteiger charge is 2.38. The first-order valence-electron chi connectivity index (χ1n) is 5.84. The molecule has 1 amide bonds. The van der Waals surface area contributed by atoms with Crippen LogP contribution in [-0.2, 0) is 14.8 Å². The number of anilines is 1. The van der Waals surface area contributed by atoms with Crippen LogP contribution in [0.3, 0.4) is 0 Å². The number of amides is 1. The van der Waals surface area contributed by atoms with Crippen molar-refractivity contribution < 1.29 is 31.1 Å². The quantitative estimate of drug-likeness (QED) is 0.833. The zero-order chi connectivity index (χ0) is 16.7. The number of carbonyl (C=O) groups is 1. The lowest BCUT2D eigenvalue weighted by Crippen LogP contribution is -2.32. The molecule has 22 heavy (non-hydrogen) atoms. The third-order valence-corrected chi connectivity index (χ3v) is 4.91. The Morgan fingerprint density at radius 2 is 2.00 bits per heavy atom. The van der Waals surface area contributed by atoms with Crippen molar-refractivity contribution in [3.63, 3.8) is 0 Å². The summed E-state index contributed by atoms with van der Waals surface area (Å²) >= 11 is 3.11. The van der Waals surface area contributed by atoms with E-state index in [1.807, 2.05) is 0 Å². The van der Waals surface area contributed by atoms with E-state index in [1.165, 1.54) is 6.07 Å². The standard InChI is InChI=1S/C11H10BrF3N2O4S/c12-8-2-1-6(21-11(13,14)15)3-9(8)17-5-7(4-10(17)18)22(16,19)20/h1-3,7H,4-5H2,(H2,16,19,20). The van der Waals surface area contributed by atoms with Crippen LogP contribution in [0.5, 0.6) is 5.75 Å². The van der Waals surface area contributed by atoms with Gasteiger partial charge in [0.1, 0.15) is 11.0 Å². The third-order valence-electron chi connectivity index (χ3n) is 3.00. The van der Waals surface area contributed by atoms with Gasteiger partial charge in [0.05, 0.1) is 5.69 Å². The summed E-state index contributed by atoms with van der Waals surface area (Å²) in [5.41, 5.74) is 0.0814. The fraction of sp³-hybridized carbons (Fsp3) is 0.364. The molecule has 2 rings (SSSR count). The molecule has 122 valence electrons. The topological polar surface area (TPSA) is 89.7 Å². The number of nitrogens with two attached hydrogens (primary N) is 1. The van der Waals surface area contributed by atoms with Gasteiger partial charge < -0.3 is 9.64 Å². The molecule has 1 heterocycles. The maximum Gasteiger partial charge on any atom is 0.573 e. The summed E-state index contributed by atoms with van der Waals surface area (Å²) in [4.78, 5) is 13.0. The highest BCUT2D eigenvalue weighted by atomic mass is 79.9. The predicted molar refractivity (Wildman–Crippen MR) is 74.7 cm³/mol. The molecule has 0 aliphatic carbocycles. The van der Waals surface area contributed by atoms with Crippen LogP contribution in [0.1, 0.15) is 6.42 Å². The van der Waals surface area contributed by atoms with Crippen LogP contribution in [0.25, 0.3) is 0 Å². The maximum atomic E-state index is 12.2. The van der Waals surface area contributed by atoms with Crippen molar-refractivity contribution in [3.8, 4) is 5.75 Å². The minimum absolute atomic E-state index is 0.0814. The van der Waals surface area contributed by atoms with Crippen LogP contribution >= 0.6 is 15.9 Å². The van der Waals surface area contributed by atoms with E-state index < -0.39 is 33.3 Å². The van der Waals surface area contributed by atoms with E-state index in [0.717, 1.165) is 17.0 Å². The number of rotatable bonds is 3. The summed E-state index contributed by atoms with van der Waals surface area (Å²) in [5.74, 6) is -1.07. The summed E-state index contributed by atoms with van der Waals surface area (Å²) < 4.78 is 63.4. The SMILES string of the molecule is NS(=O)(=O)C1CC(=O)N(c2cc(OC(F)(F)F)ccc2Br)C1. The number of hydrogen-bond acceptors (Lipinski definition) is 4. The molecule has 1 unspecified atom stereocenters. The van der Waals surface area contributed by atoms with E-state index in [0.29, 0.717) is 4.47 Å². The molecule has 1 aromatic carbocycles. The molecule has 2 N–H and O–H groups in total. The molecule has 11 heteroatoms. The summed E-state index contributed by atoms with van der Waals surface area (Å²) in [7, 11) is -3.92. The van der Waals surface area contributed by atoms with Crippen molar-refractivity contribution in [2.24, 2.45) is 5.14 Å². The smallest absolute Gasteiger partial charge is 0.406 e. The molecule has 0 saturated carbocycles. The molecule has 1 saturated heterocycles. The van der Waals surface area contributed by atoms with Crippen LogP contribution < -0.4 is 14.8 Å². The van der Waals surface area contributed by atoms with Crippen molar-refractivity contribution in [1.82, 2.24) is 0 Å². The van der Waals surface area contributed by atoms with Gasteiger partial charge in [-0.1, -0.05) is 0 Å². The first-order chi connectivity index (χ1) is 9.97. The monoisotopic (exact) mass is 402 g/mol. The van der Waals surface area contributed by atoms with Crippen LogP contribution in [0.4, 0.5) is 18.9 Å². The van der Waals surface area contributed by atoms with Crippen molar-refractivity contribution in [1.29, 1.82) is 0 Å². The fourth-order valence-corrected chi connectivity index (χ4v) is 3.22. The first-order valence-corrected chi connectivity index (χ1v) is 8.25. The predicted octanol–water partition coefficient (Wildman–Crippen LogP) is 1.74. The number of sulfonamides is 1. The fourth-order valence-electron chi connectivity index (χ4n) is 2.02. The van der Waals surface area contributed by atoms with Gasteiger partial charge in [-0.3, -0.25) is 4.79 Å². The molecule has 6 nitrogen and oxygen atoms in total. The third kappa shape index (κ3) is 3.90. The lowest BCUT2D eigenvalue weighted by atomic mass is 10.3. The Hall–Kier alpha value is -1.33. The maximum absolute atomic E-state index is 12.2. The average Bonchev–Trinajstić information content (AvgIpc) is 2.72. The van der Waals surface area contributed by atoms with Crippen LogP contribution in [0.2, 0.25) is 0 Å². The Balaban J connectivity index is 2.32. The second kappa shape index (κ2) is 5.70. The van der Waals surface area contributed by atoms with E-state index >= 15 is 0 Å². The summed E-state index contributed by atoms with van der Waals surface area (Å²) in [6.07, 6.45) is -5.20. The van der Waals surface area contributed by atoms with E-state index in [4.69, 9.17) is 5.14 Å². The summed E-state index contributed by atoms with van der Waals surface area (Å²) in [6.45, 7) is -0.230. The van der Waals surface area contributed by atoms with Crippen molar-refractivity contribution in [2.75, 3.05) is 11.4 Å². The van der Waals surface area contributed by atoms with E-state index in [2.05, 4.69) is 20.7 Å². The zero-order valence-corrected chi connectivity index (χ0v) is 13.2. The van der Waals surface area contributed by atoms with Gasteiger partial charge in [-0.15, -0.1) is 13.2 Å². The lowest BCUT2D eigenvalue weighted by molar-refractivity contribution is -0.274. The molecule has 1 atom stereocenters. The average molecular weight is 403 g/mol. The van der Waals surface area contributed by atoms with Crippen LogP contribution in [0.15, 0.2) is 22.7 Å². The Bertz CT molecular complexity index is 708. The molecule has 1 fully saturated rings. The number of nitrogens with zero attached hydrogens (tertiary/aromatic N) is 1. The molecule has 0 radical (unpaired) electrons. The first kappa shape index (κ1) is 17.0. The molecule has 0 bridgehead atoms. The number of halogens is 4. The Morgan fingerprint density at radius 3 is 2.50 bits per heavy atom. The normalized spacial score (nSPS) is 19.6. The zero-order valence-electron chi connectivity index (χ0n) is 10.8. The second-order valence-corrected chi connectivity index (χ2v) is 7.28. The Kier molecular flexibility index (Phi) is 4.42. The minimum atomic E-state index is -4.87. The second-order valence-electron chi connectivity index (χ2n) is 4.58. The van der Waals surface area contributed by atoms with Gasteiger partial charge in [-0.05, 0) is 28.1 Å². The minimum Gasteiger partial charge on any atom is -0.406 e. The highest BCUT2D eigenvalue weighted by molar-refractivity contribution is 9.10. The van der Waals surface area contributed by atoms with Gasteiger partial charge in [0, 0.05) is 23.5 Å². The number of alkyl halides is 3. The lowest BCUT2D eigenvalue weighted by Gasteiger charge is -2.19. The molecular weight excluding hydrogens is 393 g/mol. The van der Waals surface area contributed by atoms with Crippen LogP contribution in [0, 0.1) is 0 Å². The van der Waals surface area contributed by atoms with Gasteiger partial charge in [0.15, 0.2) is 0 Å². The Morgan fingerprint density at radius 1 is 1.36 bits per heavy atom. The van der Waals surface area contributed by atoms with Gasteiger partial charge in [-0.2, -0.15) is 0 Å². The van der Waals surface area contributed by atoms with Gasteiger partial charge in [-0.25, -0.2) is 13.6 Å². The summed E-state index contributed by atoms with van der Waals surface area (Å²) in [5, 5.41) is 3.90. The van der Waals surface area contributed by atoms with Gasteiger partial charge in [0.2, 0.25) is 15.9 Å². The van der Waals surface area contributed by atoms with E-state index in [9.17, 15) is 26.4 Å². The van der Waals surface area contributed by atoms with Crippen molar-refractivity contribution in [2.45, 2.75) is 18.0 Å². The number of primary sulfonamides is 1. The number of benzene rings is 1. The van der Waals surface area contributed by atoms with Gasteiger partial charge >= 0.3 is 6.36 Å². The van der Waals surface area contributed by atoms with Crippen LogP contribution in [-0.4, -0.2) is 32.5 Å². The molecular formula is C11H10BrF3N2O4S. The molecule has 1 aromatic rings. The molecule has 0 spiro atoms. The van der Waals surface area contributed by atoms with E-state index in [1.54, 1.807) is 0 Å². The number of carbonyl (C=O) groups excluding carboxylic acids is 1. The van der Waals surface area contributed by atoms with E-state index in [-0.39, 0.29) is 18.7 Å². The highest BCUT2D eigenvalue weighted by Crippen LogP contribution is 2.35.